The maximum atomic E-state index is 6.15. The van der Waals surface area contributed by atoms with E-state index in [1.165, 1.54) is 12.0 Å². The lowest BCUT2D eigenvalue weighted by Crippen LogP contribution is -2.24. The molecule has 1 unspecified atom stereocenters. The highest BCUT2D eigenvalue weighted by atomic mass is 35.5. The molecule has 3 nitrogen and oxygen atoms in total. The summed E-state index contributed by atoms with van der Waals surface area (Å²) in [4.78, 5) is 0. The van der Waals surface area contributed by atoms with Gasteiger partial charge in [0.15, 0.2) is 0 Å². The zero-order chi connectivity index (χ0) is 13.9. The molecule has 1 N–H and O–H groups in total. The van der Waals surface area contributed by atoms with Gasteiger partial charge in [0.2, 0.25) is 0 Å². The fourth-order valence-electron chi connectivity index (χ4n) is 2.76. The highest BCUT2D eigenvalue weighted by molar-refractivity contribution is 6.32. The van der Waals surface area contributed by atoms with Crippen LogP contribution in [0.15, 0.2) is 34.9 Å². The van der Waals surface area contributed by atoms with E-state index in [9.17, 15) is 0 Å². The van der Waals surface area contributed by atoms with Crippen LogP contribution in [0, 0.1) is 0 Å². The van der Waals surface area contributed by atoms with E-state index >= 15 is 0 Å². The molecule has 0 saturated carbocycles. The van der Waals surface area contributed by atoms with Crippen molar-refractivity contribution in [3.63, 3.8) is 0 Å². The van der Waals surface area contributed by atoms with Crippen LogP contribution in [-0.2, 0) is 13.0 Å². The third-order valence-corrected chi connectivity index (χ3v) is 4.12. The molecule has 1 aliphatic carbocycles. The average molecular weight is 292 g/mol. The number of furan rings is 1. The summed E-state index contributed by atoms with van der Waals surface area (Å²) in [5, 5.41) is 4.24. The number of benzene rings is 1. The fourth-order valence-corrected chi connectivity index (χ4v) is 3.04. The number of rotatable bonds is 4. The predicted octanol–water partition coefficient (Wildman–Crippen LogP) is 4.11. The Bertz CT molecular complexity index is 594. The monoisotopic (exact) mass is 291 g/mol. The van der Waals surface area contributed by atoms with Crippen LogP contribution in [0.4, 0.5) is 0 Å². The lowest BCUT2D eigenvalue weighted by atomic mass is 9.93. The lowest BCUT2D eigenvalue weighted by Gasteiger charge is -2.23. The van der Waals surface area contributed by atoms with Gasteiger partial charge in [0.05, 0.1) is 18.4 Å². The summed E-state index contributed by atoms with van der Waals surface area (Å²) >= 11 is 6.15. The molecule has 0 saturated heterocycles. The molecular weight excluding hydrogens is 274 g/mol. The first kappa shape index (κ1) is 13.5. The Morgan fingerprint density at radius 1 is 1.40 bits per heavy atom. The molecule has 4 heteroatoms. The summed E-state index contributed by atoms with van der Waals surface area (Å²) in [6, 6.07) is 8.35. The molecule has 3 rings (SSSR count). The lowest BCUT2D eigenvalue weighted by molar-refractivity contribution is 0.409. The van der Waals surface area contributed by atoms with Crippen LogP contribution in [0.25, 0.3) is 0 Å². The number of ether oxygens (including phenoxy) is 1. The number of nitrogens with one attached hydrogen (secondary N) is 1. The largest absolute Gasteiger partial charge is 0.495 e. The van der Waals surface area contributed by atoms with Crippen molar-refractivity contribution in [2.24, 2.45) is 0 Å². The van der Waals surface area contributed by atoms with Gasteiger partial charge in [-0.1, -0.05) is 17.7 Å². The minimum absolute atomic E-state index is 0.373. The summed E-state index contributed by atoms with van der Waals surface area (Å²) in [6.07, 6.45) is 5.15. The normalized spacial score (nSPS) is 17.8. The SMILES string of the molecule is COc1ccc(CNC2CCCc3occc32)cc1Cl. The Morgan fingerprint density at radius 3 is 3.10 bits per heavy atom. The van der Waals surface area contributed by atoms with Crippen LogP contribution < -0.4 is 10.1 Å². The molecule has 0 spiro atoms. The minimum atomic E-state index is 0.373. The second-order valence-corrected chi connectivity index (χ2v) is 5.50. The van der Waals surface area contributed by atoms with E-state index in [0.717, 1.165) is 30.7 Å². The van der Waals surface area contributed by atoms with E-state index in [0.29, 0.717) is 16.8 Å². The van der Waals surface area contributed by atoms with Gasteiger partial charge in [0.25, 0.3) is 0 Å². The van der Waals surface area contributed by atoms with E-state index in [2.05, 4.69) is 11.4 Å². The van der Waals surface area contributed by atoms with E-state index in [4.69, 9.17) is 20.8 Å². The smallest absolute Gasteiger partial charge is 0.137 e. The van der Waals surface area contributed by atoms with E-state index in [1.54, 1.807) is 13.4 Å². The third-order valence-electron chi connectivity index (χ3n) is 3.82. The number of halogens is 1. The molecule has 0 amide bonds. The van der Waals surface area contributed by atoms with Crippen molar-refractivity contribution in [1.82, 2.24) is 5.32 Å². The van der Waals surface area contributed by atoms with Crippen molar-refractivity contribution in [2.75, 3.05) is 7.11 Å². The molecule has 1 aromatic heterocycles. The van der Waals surface area contributed by atoms with Gasteiger partial charge in [-0.05, 0) is 36.6 Å². The Balaban J connectivity index is 1.67. The van der Waals surface area contributed by atoms with E-state index in [1.807, 2.05) is 18.2 Å². The highest BCUT2D eigenvalue weighted by Gasteiger charge is 2.21. The molecule has 106 valence electrons. The van der Waals surface area contributed by atoms with Gasteiger partial charge in [-0.25, -0.2) is 0 Å². The van der Waals surface area contributed by atoms with Crippen molar-refractivity contribution in [3.8, 4) is 5.75 Å². The van der Waals surface area contributed by atoms with Crippen molar-refractivity contribution in [1.29, 1.82) is 0 Å². The van der Waals surface area contributed by atoms with Gasteiger partial charge in [-0.3, -0.25) is 0 Å². The number of methoxy groups -OCH3 is 1. The maximum Gasteiger partial charge on any atom is 0.137 e. The van der Waals surface area contributed by atoms with Crippen molar-refractivity contribution >= 4 is 11.6 Å². The molecule has 20 heavy (non-hydrogen) atoms. The van der Waals surface area contributed by atoms with E-state index in [-0.39, 0.29) is 0 Å². The van der Waals surface area contributed by atoms with Gasteiger partial charge >= 0.3 is 0 Å². The van der Waals surface area contributed by atoms with Gasteiger partial charge in [-0.15, -0.1) is 0 Å². The van der Waals surface area contributed by atoms with Gasteiger partial charge in [0, 0.05) is 24.6 Å². The number of hydrogen-bond donors (Lipinski definition) is 1. The Kier molecular flexibility index (Phi) is 3.99. The van der Waals surface area contributed by atoms with Crippen LogP contribution >= 0.6 is 11.6 Å². The standard InChI is InChI=1S/C16H18ClNO2/c1-19-16-6-5-11(9-13(16)17)10-18-14-3-2-4-15-12(14)7-8-20-15/h5-9,14,18H,2-4,10H2,1H3. The molecule has 2 aromatic rings. The number of hydrogen-bond acceptors (Lipinski definition) is 3. The van der Waals surface area contributed by atoms with Crippen LogP contribution in [-0.4, -0.2) is 7.11 Å². The molecular formula is C16H18ClNO2. The van der Waals surface area contributed by atoms with Gasteiger partial charge < -0.3 is 14.5 Å². The predicted molar refractivity (Wildman–Crippen MR) is 79.2 cm³/mol. The second kappa shape index (κ2) is 5.90. The van der Waals surface area contributed by atoms with Crippen molar-refractivity contribution in [2.45, 2.75) is 31.8 Å². The molecule has 1 atom stereocenters. The van der Waals surface area contributed by atoms with Crippen LogP contribution in [0.5, 0.6) is 5.75 Å². The summed E-state index contributed by atoms with van der Waals surface area (Å²) in [5.41, 5.74) is 2.46. The third kappa shape index (κ3) is 2.69. The van der Waals surface area contributed by atoms with Crippen LogP contribution in [0.2, 0.25) is 5.02 Å². The summed E-state index contributed by atoms with van der Waals surface area (Å²) < 4.78 is 10.7. The summed E-state index contributed by atoms with van der Waals surface area (Å²) in [7, 11) is 1.63. The Labute approximate surface area is 123 Å². The molecule has 1 aliphatic rings. The van der Waals surface area contributed by atoms with Crippen molar-refractivity contribution in [3.05, 3.63) is 52.4 Å². The maximum absolute atomic E-state index is 6.15. The number of aryl methyl sites for hydroxylation is 1. The summed E-state index contributed by atoms with van der Waals surface area (Å²) in [6.45, 7) is 0.791. The average Bonchev–Trinajstić information content (AvgIpc) is 2.94. The highest BCUT2D eigenvalue weighted by Crippen LogP contribution is 2.31. The zero-order valence-electron chi connectivity index (χ0n) is 11.5. The Hall–Kier alpha value is -1.45. The first-order valence-corrected chi connectivity index (χ1v) is 7.28. The zero-order valence-corrected chi connectivity index (χ0v) is 12.2. The molecule has 0 bridgehead atoms. The van der Waals surface area contributed by atoms with E-state index < -0.39 is 0 Å². The van der Waals surface area contributed by atoms with Gasteiger partial charge in [-0.2, -0.15) is 0 Å². The van der Waals surface area contributed by atoms with Crippen LogP contribution in [0.1, 0.15) is 35.8 Å². The molecule has 0 radical (unpaired) electrons. The quantitative estimate of drug-likeness (QED) is 0.920. The van der Waals surface area contributed by atoms with Crippen molar-refractivity contribution < 1.29 is 9.15 Å². The molecule has 0 aliphatic heterocycles. The molecule has 0 fully saturated rings. The first-order chi connectivity index (χ1) is 9.78. The minimum Gasteiger partial charge on any atom is -0.495 e. The fraction of sp³-hybridized carbons (Fsp3) is 0.375. The van der Waals surface area contributed by atoms with Crippen LogP contribution in [0.3, 0.4) is 0 Å². The van der Waals surface area contributed by atoms with Gasteiger partial charge in [0.1, 0.15) is 11.5 Å². The summed E-state index contributed by atoms with van der Waals surface area (Å²) in [5.74, 6) is 1.84. The number of fused-ring (bicyclic) bond motifs is 1. The Morgan fingerprint density at radius 2 is 2.30 bits per heavy atom. The molecule has 1 aromatic carbocycles. The second-order valence-electron chi connectivity index (χ2n) is 5.09. The first-order valence-electron chi connectivity index (χ1n) is 6.90. The molecule has 1 heterocycles. The topological polar surface area (TPSA) is 34.4 Å².